The maximum Gasteiger partial charge on any atom is 0.338 e. The van der Waals surface area contributed by atoms with Gasteiger partial charge < -0.3 is 20.3 Å². The highest BCUT2D eigenvalue weighted by Gasteiger charge is 2.21. The van der Waals surface area contributed by atoms with Gasteiger partial charge in [-0.1, -0.05) is 55.8 Å². The lowest BCUT2D eigenvalue weighted by Gasteiger charge is -2.19. The van der Waals surface area contributed by atoms with Gasteiger partial charge in [0.2, 0.25) is 0 Å². The standard InChI is InChI=1S/C31H37N3O4/c1-6-10-21(2)33-30(36)28-26(22-11-7-13-24(19-22)29(35)32-3)15-9-16-27(28)23-12-8-14-25(20-23)31(37)38-18-17-34(4)5/h7-9,11-16,19-21H,6,10,17-18H2,1-5H3,(H,32,35)(H,33,36). The fraction of sp³-hybridized carbons (Fsp3) is 0.323. The van der Waals surface area contributed by atoms with E-state index >= 15 is 0 Å². The topological polar surface area (TPSA) is 87.7 Å². The molecule has 0 radical (unpaired) electrons. The van der Waals surface area contributed by atoms with E-state index in [1.54, 1.807) is 43.4 Å². The van der Waals surface area contributed by atoms with Crippen LogP contribution in [0.4, 0.5) is 0 Å². The van der Waals surface area contributed by atoms with E-state index in [1.807, 2.05) is 56.3 Å². The molecular formula is C31H37N3O4. The second-order valence-electron chi connectivity index (χ2n) is 9.57. The molecule has 2 N–H and O–H groups in total. The van der Waals surface area contributed by atoms with Gasteiger partial charge in [0.1, 0.15) is 6.61 Å². The molecule has 1 atom stereocenters. The molecule has 0 heterocycles. The molecule has 0 bridgehead atoms. The molecule has 2 amide bonds. The summed E-state index contributed by atoms with van der Waals surface area (Å²) in [6.07, 6.45) is 1.80. The number of nitrogens with one attached hydrogen (secondary N) is 2. The van der Waals surface area contributed by atoms with Crippen LogP contribution in [0.1, 0.15) is 57.8 Å². The summed E-state index contributed by atoms with van der Waals surface area (Å²) in [6.45, 7) is 4.98. The molecular weight excluding hydrogens is 478 g/mol. The fourth-order valence-electron chi connectivity index (χ4n) is 4.27. The predicted octanol–water partition coefficient (Wildman–Crippen LogP) is 5.02. The van der Waals surface area contributed by atoms with Crippen LogP contribution in [0.2, 0.25) is 0 Å². The van der Waals surface area contributed by atoms with Crippen molar-refractivity contribution in [3.05, 3.63) is 83.4 Å². The molecule has 38 heavy (non-hydrogen) atoms. The summed E-state index contributed by atoms with van der Waals surface area (Å²) in [5.74, 6) is -0.822. The lowest BCUT2D eigenvalue weighted by molar-refractivity contribution is 0.0481. The van der Waals surface area contributed by atoms with Gasteiger partial charge in [0.05, 0.1) is 11.1 Å². The molecule has 3 aromatic rings. The second kappa shape index (κ2) is 13.5. The molecule has 3 rings (SSSR count). The average Bonchev–Trinajstić information content (AvgIpc) is 2.92. The van der Waals surface area contributed by atoms with Crippen LogP contribution in [0, 0.1) is 0 Å². The zero-order valence-corrected chi connectivity index (χ0v) is 22.8. The maximum absolute atomic E-state index is 13.7. The van der Waals surface area contributed by atoms with Crippen LogP contribution in [0.5, 0.6) is 0 Å². The summed E-state index contributed by atoms with van der Waals surface area (Å²) >= 11 is 0. The number of carbonyl (C=O) groups excluding carboxylic acids is 3. The van der Waals surface area contributed by atoms with Gasteiger partial charge in [-0.25, -0.2) is 4.79 Å². The first-order chi connectivity index (χ1) is 18.2. The highest BCUT2D eigenvalue weighted by molar-refractivity contribution is 6.08. The van der Waals surface area contributed by atoms with Gasteiger partial charge in [-0.2, -0.15) is 0 Å². The van der Waals surface area contributed by atoms with Crippen molar-refractivity contribution >= 4 is 17.8 Å². The maximum atomic E-state index is 13.7. The Morgan fingerprint density at radius 1 is 0.868 bits per heavy atom. The highest BCUT2D eigenvalue weighted by atomic mass is 16.5. The number of amides is 2. The van der Waals surface area contributed by atoms with Gasteiger partial charge in [0.25, 0.3) is 11.8 Å². The summed E-state index contributed by atoms with van der Waals surface area (Å²) < 4.78 is 5.43. The Morgan fingerprint density at radius 3 is 2.03 bits per heavy atom. The molecule has 0 fully saturated rings. The molecule has 3 aromatic carbocycles. The fourth-order valence-corrected chi connectivity index (χ4v) is 4.27. The van der Waals surface area contributed by atoms with Crippen molar-refractivity contribution in [3.8, 4) is 22.3 Å². The van der Waals surface area contributed by atoms with E-state index in [0.717, 1.165) is 24.0 Å². The number of carbonyl (C=O) groups is 3. The summed E-state index contributed by atoms with van der Waals surface area (Å²) in [7, 11) is 5.42. The van der Waals surface area contributed by atoms with E-state index in [0.29, 0.717) is 34.4 Å². The van der Waals surface area contributed by atoms with Crippen LogP contribution >= 0.6 is 0 Å². The average molecular weight is 516 g/mol. The largest absolute Gasteiger partial charge is 0.461 e. The third kappa shape index (κ3) is 7.29. The Morgan fingerprint density at radius 2 is 1.45 bits per heavy atom. The SMILES string of the molecule is CCCC(C)NC(=O)c1c(-c2cccc(C(=O)NC)c2)cccc1-c1cccc(C(=O)OCCN(C)C)c1. The van der Waals surface area contributed by atoms with Gasteiger partial charge in [0, 0.05) is 25.2 Å². The molecule has 1 unspecified atom stereocenters. The quantitative estimate of drug-likeness (QED) is 0.350. The molecule has 7 heteroatoms. The van der Waals surface area contributed by atoms with Crippen molar-refractivity contribution in [2.75, 3.05) is 34.3 Å². The molecule has 0 saturated heterocycles. The number of hydrogen-bond acceptors (Lipinski definition) is 5. The van der Waals surface area contributed by atoms with Crippen LogP contribution in [0.25, 0.3) is 22.3 Å². The summed E-state index contributed by atoms with van der Waals surface area (Å²) in [4.78, 5) is 40.7. The molecule has 0 saturated carbocycles. The summed E-state index contributed by atoms with van der Waals surface area (Å²) in [6, 6.07) is 20.0. The van der Waals surface area contributed by atoms with Crippen molar-refractivity contribution in [2.24, 2.45) is 0 Å². The van der Waals surface area contributed by atoms with Crippen LogP contribution in [0.15, 0.2) is 66.7 Å². The van der Waals surface area contributed by atoms with Crippen LogP contribution in [0.3, 0.4) is 0 Å². The number of esters is 1. The van der Waals surface area contributed by atoms with Crippen molar-refractivity contribution in [3.63, 3.8) is 0 Å². The van der Waals surface area contributed by atoms with Crippen molar-refractivity contribution in [1.29, 1.82) is 0 Å². The highest BCUT2D eigenvalue weighted by Crippen LogP contribution is 2.33. The molecule has 7 nitrogen and oxygen atoms in total. The van der Waals surface area contributed by atoms with E-state index in [4.69, 9.17) is 4.74 Å². The molecule has 0 aliphatic rings. The monoisotopic (exact) mass is 515 g/mol. The molecule has 200 valence electrons. The first-order valence-electron chi connectivity index (χ1n) is 12.9. The normalized spacial score (nSPS) is 11.6. The molecule has 0 aromatic heterocycles. The summed E-state index contributed by atoms with van der Waals surface area (Å²) in [5.41, 5.74) is 4.28. The van der Waals surface area contributed by atoms with Crippen LogP contribution in [-0.2, 0) is 4.74 Å². The van der Waals surface area contributed by atoms with Crippen molar-refractivity contribution in [2.45, 2.75) is 32.7 Å². The first kappa shape index (κ1) is 28.6. The number of ether oxygens (including phenoxy) is 1. The zero-order valence-electron chi connectivity index (χ0n) is 22.8. The van der Waals surface area contributed by atoms with E-state index in [-0.39, 0.29) is 24.5 Å². The van der Waals surface area contributed by atoms with Crippen molar-refractivity contribution < 1.29 is 19.1 Å². The molecule has 0 aliphatic heterocycles. The van der Waals surface area contributed by atoms with E-state index < -0.39 is 5.97 Å². The minimum atomic E-state index is -0.411. The smallest absolute Gasteiger partial charge is 0.338 e. The lowest BCUT2D eigenvalue weighted by atomic mass is 9.90. The molecule has 0 spiro atoms. The third-order valence-electron chi connectivity index (χ3n) is 6.23. The van der Waals surface area contributed by atoms with E-state index in [1.165, 1.54) is 0 Å². The third-order valence-corrected chi connectivity index (χ3v) is 6.23. The van der Waals surface area contributed by atoms with Gasteiger partial charge in [0.15, 0.2) is 0 Å². The number of benzene rings is 3. The Hall–Kier alpha value is -3.97. The number of likely N-dealkylation sites (N-methyl/N-ethyl adjacent to an activating group) is 1. The van der Waals surface area contributed by atoms with E-state index in [9.17, 15) is 14.4 Å². The Labute approximate surface area is 225 Å². The van der Waals surface area contributed by atoms with Gasteiger partial charge in [-0.3, -0.25) is 9.59 Å². The Balaban J connectivity index is 2.10. The summed E-state index contributed by atoms with van der Waals surface area (Å²) in [5, 5.41) is 5.77. The van der Waals surface area contributed by atoms with Gasteiger partial charge >= 0.3 is 5.97 Å². The van der Waals surface area contributed by atoms with Crippen LogP contribution in [-0.4, -0.2) is 63.0 Å². The lowest BCUT2D eigenvalue weighted by Crippen LogP contribution is -2.33. The zero-order chi connectivity index (χ0) is 27.7. The minimum absolute atomic E-state index is 0.0105. The number of nitrogens with zero attached hydrogens (tertiary/aromatic N) is 1. The molecule has 0 aliphatic carbocycles. The van der Waals surface area contributed by atoms with E-state index in [2.05, 4.69) is 17.6 Å². The Bertz CT molecular complexity index is 1290. The van der Waals surface area contributed by atoms with Gasteiger partial charge in [-0.15, -0.1) is 0 Å². The second-order valence-corrected chi connectivity index (χ2v) is 9.57. The minimum Gasteiger partial charge on any atom is -0.461 e. The first-order valence-corrected chi connectivity index (χ1v) is 12.9. The Kier molecular flexibility index (Phi) is 10.2. The number of hydrogen-bond donors (Lipinski definition) is 2. The van der Waals surface area contributed by atoms with Crippen molar-refractivity contribution in [1.82, 2.24) is 15.5 Å². The number of rotatable bonds is 11. The van der Waals surface area contributed by atoms with Gasteiger partial charge in [-0.05, 0) is 74.0 Å². The van der Waals surface area contributed by atoms with Crippen LogP contribution < -0.4 is 10.6 Å². The predicted molar refractivity (Wildman–Crippen MR) is 151 cm³/mol.